The number of hydrogen-bond donors (Lipinski definition) is 1. The SMILES string of the molecule is Cc1cccc2c1ccn2CC(=O)NCC(C)C. The molecule has 18 heavy (non-hydrogen) atoms. The first-order valence-corrected chi connectivity index (χ1v) is 6.39. The van der Waals surface area contributed by atoms with Gasteiger partial charge in [0, 0.05) is 23.6 Å². The summed E-state index contributed by atoms with van der Waals surface area (Å²) in [6.45, 7) is 7.39. The number of fused-ring (bicyclic) bond motifs is 1. The van der Waals surface area contributed by atoms with Gasteiger partial charge in [-0.25, -0.2) is 0 Å². The lowest BCUT2D eigenvalue weighted by atomic mass is 10.1. The quantitative estimate of drug-likeness (QED) is 0.881. The largest absolute Gasteiger partial charge is 0.354 e. The fraction of sp³-hybridized carbons (Fsp3) is 0.400. The number of aromatic nitrogens is 1. The first-order valence-electron chi connectivity index (χ1n) is 6.39. The lowest BCUT2D eigenvalue weighted by molar-refractivity contribution is -0.121. The maximum absolute atomic E-state index is 11.8. The minimum Gasteiger partial charge on any atom is -0.354 e. The van der Waals surface area contributed by atoms with Crippen LogP contribution in [0.1, 0.15) is 19.4 Å². The molecule has 1 aromatic heterocycles. The van der Waals surface area contributed by atoms with Crippen molar-refractivity contribution in [2.45, 2.75) is 27.3 Å². The normalized spacial score (nSPS) is 11.1. The van der Waals surface area contributed by atoms with E-state index in [-0.39, 0.29) is 5.91 Å². The van der Waals surface area contributed by atoms with Crippen LogP contribution in [0.3, 0.4) is 0 Å². The molecule has 3 nitrogen and oxygen atoms in total. The molecule has 2 aromatic rings. The molecule has 0 spiro atoms. The van der Waals surface area contributed by atoms with Crippen LogP contribution >= 0.6 is 0 Å². The van der Waals surface area contributed by atoms with Crippen molar-refractivity contribution in [3.63, 3.8) is 0 Å². The average Bonchev–Trinajstić information content (AvgIpc) is 2.72. The highest BCUT2D eigenvalue weighted by molar-refractivity contribution is 5.85. The van der Waals surface area contributed by atoms with Gasteiger partial charge in [-0.15, -0.1) is 0 Å². The molecule has 0 fully saturated rings. The van der Waals surface area contributed by atoms with Crippen LogP contribution in [0.2, 0.25) is 0 Å². The number of rotatable bonds is 4. The van der Waals surface area contributed by atoms with Gasteiger partial charge in [0.25, 0.3) is 0 Å². The third-order valence-electron chi connectivity index (χ3n) is 3.05. The fourth-order valence-corrected chi connectivity index (χ4v) is 2.04. The van der Waals surface area contributed by atoms with Crippen molar-refractivity contribution in [1.29, 1.82) is 0 Å². The zero-order valence-corrected chi connectivity index (χ0v) is 11.2. The van der Waals surface area contributed by atoms with Crippen molar-refractivity contribution in [2.75, 3.05) is 6.54 Å². The van der Waals surface area contributed by atoms with Crippen molar-refractivity contribution in [2.24, 2.45) is 5.92 Å². The summed E-state index contributed by atoms with van der Waals surface area (Å²) in [6.07, 6.45) is 1.98. The highest BCUT2D eigenvalue weighted by Gasteiger charge is 2.07. The summed E-state index contributed by atoms with van der Waals surface area (Å²) in [7, 11) is 0. The molecule has 0 bridgehead atoms. The third kappa shape index (κ3) is 2.73. The van der Waals surface area contributed by atoms with Gasteiger partial charge in [-0.2, -0.15) is 0 Å². The van der Waals surface area contributed by atoms with Crippen LogP contribution in [0.25, 0.3) is 10.9 Å². The second-order valence-electron chi connectivity index (χ2n) is 5.15. The minimum atomic E-state index is 0.0720. The van der Waals surface area contributed by atoms with Gasteiger partial charge in [0.1, 0.15) is 6.54 Å². The summed E-state index contributed by atoms with van der Waals surface area (Å²) in [5.41, 5.74) is 2.36. The molecule has 0 radical (unpaired) electrons. The third-order valence-corrected chi connectivity index (χ3v) is 3.05. The summed E-state index contributed by atoms with van der Waals surface area (Å²) in [5.74, 6) is 0.556. The van der Waals surface area contributed by atoms with Crippen LogP contribution < -0.4 is 5.32 Å². The molecule has 0 saturated heterocycles. The molecule has 1 heterocycles. The van der Waals surface area contributed by atoms with Crippen molar-refractivity contribution < 1.29 is 4.79 Å². The molecule has 2 rings (SSSR count). The molecule has 0 unspecified atom stereocenters. The van der Waals surface area contributed by atoms with Gasteiger partial charge >= 0.3 is 0 Å². The standard InChI is InChI=1S/C15H20N2O/c1-11(2)9-16-15(18)10-17-8-7-13-12(3)5-4-6-14(13)17/h4-8,11H,9-10H2,1-3H3,(H,16,18). The summed E-state index contributed by atoms with van der Waals surface area (Å²) in [4.78, 5) is 11.8. The van der Waals surface area contributed by atoms with Gasteiger partial charge < -0.3 is 9.88 Å². The summed E-state index contributed by atoms with van der Waals surface area (Å²) in [6, 6.07) is 8.24. The number of nitrogens with zero attached hydrogens (tertiary/aromatic N) is 1. The van der Waals surface area contributed by atoms with Crippen LogP contribution in [0.4, 0.5) is 0 Å². The Morgan fingerprint density at radius 1 is 1.33 bits per heavy atom. The van der Waals surface area contributed by atoms with E-state index < -0.39 is 0 Å². The van der Waals surface area contributed by atoms with Gasteiger partial charge in [0.05, 0.1) is 0 Å². The second kappa shape index (κ2) is 5.25. The molecular weight excluding hydrogens is 224 g/mol. The van der Waals surface area contributed by atoms with Gasteiger partial charge in [-0.3, -0.25) is 4.79 Å². The van der Waals surface area contributed by atoms with Crippen LogP contribution in [0.15, 0.2) is 30.5 Å². The molecule has 0 aliphatic rings. The molecule has 3 heteroatoms. The maximum atomic E-state index is 11.8. The Kier molecular flexibility index (Phi) is 3.70. The predicted molar refractivity (Wildman–Crippen MR) is 74.5 cm³/mol. The minimum absolute atomic E-state index is 0.0720. The smallest absolute Gasteiger partial charge is 0.239 e. The molecule has 96 valence electrons. The van der Waals surface area contributed by atoms with Gasteiger partial charge in [0.2, 0.25) is 5.91 Å². The Morgan fingerprint density at radius 2 is 2.11 bits per heavy atom. The first kappa shape index (κ1) is 12.7. The fourth-order valence-electron chi connectivity index (χ4n) is 2.04. The van der Waals surface area contributed by atoms with E-state index >= 15 is 0 Å². The number of carbonyl (C=O) groups is 1. The molecule has 0 saturated carbocycles. The van der Waals surface area contributed by atoms with Crippen molar-refractivity contribution >= 4 is 16.8 Å². The topological polar surface area (TPSA) is 34.0 Å². The summed E-state index contributed by atoms with van der Waals surface area (Å²) >= 11 is 0. The monoisotopic (exact) mass is 244 g/mol. The van der Waals surface area contributed by atoms with E-state index in [1.165, 1.54) is 10.9 Å². The molecule has 1 N–H and O–H groups in total. The zero-order valence-electron chi connectivity index (χ0n) is 11.2. The molecule has 1 aromatic carbocycles. The van der Waals surface area contributed by atoms with Crippen molar-refractivity contribution in [1.82, 2.24) is 9.88 Å². The highest BCUT2D eigenvalue weighted by Crippen LogP contribution is 2.19. The van der Waals surface area contributed by atoms with E-state index in [0.29, 0.717) is 12.5 Å². The van der Waals surface area contributed by atoms with Crippen molar-refractivity contribution in [3.8, 4) is 0 Å². The Labute approximate surface area is 108 Å². The lowest BCUT2D eigenvalue weighted by Gasteiger charge is -2.09. The van der Waals surface area contributed by atoms with E-state index in [1.807, 2.05) is 16.8 Å². The number of hydrogen-bond acceptors (Lipinski definition) is 1. The zero-order chi connectivity index (χ0) is 13.1. The predicted octanol–water partition coefficient (Wildman–Crippen LogP) is 2.72. The van der Waals surface area contributed by atoms with E-state index in [2.05, 4.69) is 44.3 Å². The van der Waals surface area contributed by atoms with E-state index in [1.54, 1.807) is 0 Å². The Hall–Kier alpha value is -1.77. The van der Waals surface area contributed by atoms with Gasteiger partial charge in [0.15, 0.2) is 0 Å². The second-order valence-corrected chi connectivity index (χ2v) is 5.15. The van der Waals surface area contributed by atoms with Gasteiger partial charge in [-0.1, -0.05) is 26.0 Å². The lowest BCUT2D eigenvalue weighted by Crippen LogP contribution is -2.30. The number of benzene rings is 1. The molecular formula is C15H20N2O. The van der Waals surface area contributed by atoms with Gasteiger partial charge in [-0.05, 0) is 30.5 Å². The Bertz CT molecular complexity index is 555. The van der Waals surface area contributed by atoms with Crippen LogP contribution in [0.5, 0.6) is 0 Å². The molecule has 0 aliphatic carbocycles. The average molecular weight is 244 g/mol. The highest BCUT2D eigenvalue weighted by atomic mass is 16.1. The maximum Gasteiger partial charge on any atom is 0.239 e. The van der Waals surface area contributed by atoms with Crippen LogP contribution in [-0.2, 0) is 11.3 Å². The summed E-state index contributed by atoms with van der Waals surface area (Å²) < 4.78 is 2.00. The van der Waals surface area contributed by atoms with Crippen molar-refractivity contribution in [3.05, 3.63) is 36.0 Å². The van der Waals surface area contributed by atoms with Crippen LogP contribution in [-0.4, -0.2) is 17.0 Å². The number of aryl methyl sites for hydroxylation is 1. The van der Waals surface area contributed by atoms with E-state index in [4.69, 9.17) is 0 Å². The molecule has 0 aliphatic heterocycles. The Balaban J connectivity index is 2.12. The Morgan fingerprint density at radius 3 is 2.83 bits per heavy atom. The molecule has 1 amide bonds. The number of nitrogens with one attached hydrogen (secondary N) is 1. The number of carbonyl (C=O) groups excluding carboxylic acids is 1. The molecule has 0 atom stereocenters. The number of amides is 1. The summed E-state index contributed by atoms with van der Waals surface area (Å²) in [5, 5.41) is 4.16. The van der Waals surface area contributed by atoms with Crippen LogP contribution in [0, 0.1) is 12.8 Å². The first-order chi connectivity index (χ1) is 8.58. The van der Waals surface area contributed by atoms with E-state index in [0.717, 1.165) is 12.1 Å². The van der Waals surface area contributed by atoms with E-state index in [9.17, 15) is 4.79 Å².